The smallest absolute Gasteiger partial charge is 0.226 e. The van der Waals surface area contributed by atoms with E-state index in [0.29, 0.717) is 45.0 Å². The lowest BCUT2D eigenvalue weighted by Crippen LogP contribution is -2.46. The molecule has 138 valence electrons. The number of piperidine rings is 1. The van der Waals surface area contributed by atoms with Crippen LogP contribution in [0.25, 0.3) is 0 Å². The normalized spacial score (nSPS) is 17.0. The zero-order valence-electron chi connectivity index (χ0n) is 14.7. The van der Waals surface area contributed by atoms with E-state index in [1.54, 1.807) is 12.0 Å². The molecule has 0 radical (unpaired) electrons. The molecule has 1 unspecified atom stereocenters. The average molecular weight is 349 g/mol. The third-order valence-corrected chi connectivity index (χ3v) is 4.23. The molecule has 0 bridgehead atoms. The first-order chi connectivity index (χ1) is 12.1. The van der Waals surface area contributed by atoms with Crippen LogP contribution in [0.3, 0.4) is 0 Å². The number of ether oxygens (including phenoxy) is 2. The molecule has 25 heavy (non-hydrogen) atoms. The number of methoxy groups -OCH3 is 1. The molecule has 0 aliphatic carbocycles. The third-order valence-electron chi connectivity index (χ3n) is 4.23. The van der Waals surface area contributed by atoms with Gasteiger partial charge in [0.2, 0.25) is 11.8 Å². The van der Waals surface area contributed by atoms with Crippen molar-refractivity contribution < 1.29 is 19.1 Å². The Kier molecular flexibility index (Phi) is 7.53. The molecule has 1 atom stereocenters. The number of nitrogens with zero attached hydrogens (tertiary/aromatic N) is 1. The molecule has 2 amide bonds. The van der Waals surface area contributed by atoms with Crippen molar-refractivity contribution in [2.45, 2.75) is 19.3 Å². The van der Waals surface area contributed by atoms with E-state index in [4.69, 9.17) is 15.2 Å². The number of carbonyl (C=O) groups is 2. The van der Waals surface area contributed by atoms with Crippen molar-refractivity contribution in [2.75, 3.05) is 39.9 Å². The first-order valence-corrected chi connectivity index (χ1v) is 8.66. The molecule has 0 aromatic heterocycles. The first kappa shape index (κ1) is 19.1. The van der Waals surface area contributed by atoms with E-state index in [0.717, 1.165) is 18.6 Å². The molecule has 0 saturated carbocycles. The number of nitrogens with two attached hydrogens (primary N) is 1. The van der Waals surface area contributed by atoms with Gasteiger partial charge in [0, 0.05) is 26.2 Å². The van der Waals surface area contributed by atoms with Crippen molar-refractivity contribution in [1.82, 2.24) is 10.2 Å². The molecule has 1 aromatic carbocycles. The van der Waals surface area contributed by atoms with Crippen molar-refractivity contribution >= 4 is 11.8 Å². The molecule has 2 rings (SSSR count). The lowest BCUT2D eigenvalue weighted by atomic mass is 9.97. The van der Waals surface area contributed by atoms with Crippen molar-refractivity contribution in [3.8, 4) is 11.5 Å². The Balaban J connectivity index is 1.74. The fourth-order valence-electron chi connectivity index (χ4n) is 2.84. The molecule has 1 fully saturated rings. The maximum Gasteiger partial charge on any atom is 0.226 e. The van der Waals surface area contributed by atoms with Crippen molar-refractivity contribution in [2.24, 2.45) is 11.7 Å². The van der Waals surface area contributed by atoms with Gasteiger partial charge in [-0.1, -0.05) is 0 Å². The molecular formula is C18H27N3O4. The summed E-state index contributed by atoms with van der Waals surface area (Å²) < 4.78 is 10.7. The van der Waals surface area contributed by atoms with Gasteiger partial charge in [-0.15, -0.1) is 0 Å². The maximum absolute atomic E-state index is 12.3. The number of benzene rings is 1. The van der Waals surface area contributed by atoms with Crippen molar-refractivity contribution in [3.63, 3.8) is 0 Å². The van der Waals surface area contributed by atoms with Gasteiger partial charge < -0.3 is 25.4 Å². The zero-order chi connectivity index (χ0) is 18.1. The molecule has 1 saturated heterocycles. The Morgan fingerprint density at radius 3 is 2.68 bits per heavy atom. The van der Waals surface area contributed by atoms with Crippen molar-refractivity contribution in [1.29, 1.82) is 0 Å². The van der Waals surface area contributed by atoms with E-state index in [9.17, 15) is 9.59 Å². The highest BCUT2D eigenvalue weighted by Gasteiger charge is 2.27. The van der Waals surface area contributed by atoms with Crippen LogP contribution in [0.5, 0.6) is 11.5 Å². The Morgan fingerprint density at radius 1 is 1.28 bits per heavy atom. The standard InChI is InChI=1S/C18H27N3O4/c1-24-15-4-6-16(7-5-15)25-12-8-17(22)21-11-2-3-14(13-21)18(23)20-10-9-19/h4-7,14H,2-3,8-13,19H2,1H3,(H,20,23). The second-order valence-corrected chi connectivity index (χ2v) is 6.03. The van der Waals surface area contributed by atoms with Crippen LogP contribution >= 0.6 is 0 Å². The Labute approximate surface area is 148 Å². The summed E-state index contributed by atoms with van der Waals surface area (Å²) in [7, 11) is 1.61. The first-order valence-electron chi connectivity index (χ1n) is 8.66. The number of amides is 2. The summed E-state index contributed by atoms with van der Waals surface area (Å²) in [6.45, 7) is 2.37. The minimum Gasteiger partial charge on any atom is -0.497 e. The second-order valence-electron chi connectivity index (χ2n) is 6.03. The summed E-state index contributed by atoms with van der Waals surface area (Å²) in [4.78, 5) is 26.1. The molecule has 7 nitrogen and oxygen atoms in total. The lowest BCUT2D eigenvalue weighted by Gasteiger charge is -2.32. The monoisotopic (exact) mass is 349 g/mol. The number of nitrogens with one attached hydrogen (secondary N) is 1. The highest BCUT2D eigenvalue weighted by atomic mass is 16.5. The Bertz CT molecular complexity index is 562. The molecular weight excluding hydrogens is 322 g/mol. The summed E-state index contributed by atoms with van der Waals surface area (Å²) in [6.07, 6.45) is 1.94. The van der Waals surface area contributed by atoms with Crippen LogP contribution in [0.4, 0.5) is 0 Å². The van der Waals surface area contributed by atoms with Gasteiger partial charge >= 0.3 is 0 Å². The number of hydrogen-bond donors (Lipinski definition) is 2. The summed E-state index contributed by atoms with van der Waals surface area (Å²) in [6, 6.07) is 7.24. The maximum atomic E-state index is 12.3. The fraction of sp³-hybridized carbons (Fsp3) is 0.556. The van der Waals surface area contributed by atoms with Gasteiger partial charge in [0.1, 0.15) is 11.5 Å². The molecule has 1 aromatic rings. The third kappa shape index (κ3) is 5.94. The van der Waals surface area contributed by atoms with Gasteiger partial charge in [-0.05, 0) is 37.1 Å². The Morgan fingerprint density at radius 2 is 2.00 bits per heavy atom. The zero-order valence-corrected chi connectivity index (χ0v) is 14.7. The quantitative estimate of drug-likeness (QED) is 0.723. The molecule has 0 spiro atoms. The van der Waals surface area contributed by atoms with Gasteiger partial charge in [-0.3, -0.25) is 9.59 Å². The van der Waals surface area contributed by atoms with Crippen LogP contribution in [0.15, 0.2) is 24.3 Å². The van der Waals surface area contributed by atoms with Crippen LogP contribution in [-0.4, -0.2) is 56.6 Å². The SMILES string of the molecule is COc1ccc(OCCC(=O)N2CCCC(C(=O)NCCN)C2)cc1. The summed E-state index contributed by atoms with van der Waals surface area (Å²) in [5.41, 5.74) is 5.40. The number of likely N-dealkylation sites (tertiary alicyclic amines) is 1. The minimum absolute atomic E-state index is 0.0163. The number of hydrogen-bond acceptors (Lipinski definition) is 5. The Hall–Kier alpha value is -2.28. The van der Waals surface area contributed by atoms with Crippen LogP contribution in [-0.2, 0) is 9.59 Å². The average Bonchev–Trinajstić information content (AvgIpc) is 2.66. The minimum atomic E-state index is -0.147. The summed E-state index contributed by atoms with van der Waals surface area (Å²) >= 11 is 0. The van der Waals surface area contributed by atoms with E-state index < -0.39 is 0 Å². The largest absolute Gasteiger partial charge is 0.497 e. The topological polar surface area (TPSA) is 93.9 Å². The highest BCUT2D eigenvalue weighted by Crippen LogP contribution is 2.19. The van der Waals surface area contributed by atoms with Crippen LogP contribution in [0.2, 0.25) is 0 Å². The number of carbonyl (C=O) groups excluding carboxylic acids is 2. The predicted molar refractivity (Wildman–Crippen MR) is 94.5 cm³/mol. The van der Waals surface area contributed by atoms with Crippen molar-refractivity contribution in [3.05, 3.63) is 24.3 Å². The van der Waals surface area contributed by atoms with Gasteiger partial charge in [-0.2, -0.15) is 0 Å². The summed E-state index contributed by atoms with van der Waals surface area (Å²) in [5.74, 6) is 1.32. The molecule has 1 aliphatic heterocycles. The summed E-state index contributed by atoms with van der Waals surface area (Å²) in [5, 5.41) is 2.80. The lowest BCUT2D eigenvalue weighted by molar-refractivity contribution is -0.136. The number of rotatable bonds is 8. The highest BCUT2D eigenvalue weighted by molar-refractivity contribution is 5.81. The predicted octanol–water partition coefficient (Wildman–Crippen LogP) is 0.778. The van der Waals surface area contributed by atoms with E-state index in [1.165, 1.54) is 0 Å². The second kappa shape index (κ2) is 9.88. The molecule has 1 heterocycles. The van der Waals surface area contributed by atoms with Gasteiger partial charge in [0.25, 0.3) is 0 Å². The van der Waals surface area contributed by atoms with Crippen LogP contribution < -0.4 is 20.5 Å². The van der Waals surface area contributed by atoms with Crippen LogP contribution in [0.1, 0.15) is 19.3 Å². The fourth-order valence-corrected chi connectivity index (χ4v) is 2.84. The van der Waals surface area contributed by atoms with E-state index in [-0.39, 0.29) is 17.7 Å². The van der Waals surface area contributed by atoms with E-state index in [2.05, 4.69) is 5.32 Å². The van der Waals surface area contributed by atoms with Gasteiger partial charge in [0.05, 0.1) is 26.1 Å². The molecule has 3 N–H and O–H groups in total. The van der Waals surface area contributed by atoms with Gasteiger partial charge in [0.15, 0.2) is 0 Å². The van der Waals surface area contributed by atoms with Gasteiger partial charge in [-0.25, -0.2) is 0 Å². The molecule has 1 aliphatic rings. The van der Waals surface area contributed by atoms with Crippen LogP contribution in [0, 0.1) is 5.92 Å². The molecule has 7 heteroatoms. The van der Waals surface area contributed by atoms with E-state index in [1.807, 2.05) is 24.3 Å². The van der Waals surface area contributed by atoms with E-state index >= 15 is 0 Å².